The monoisotopic (exact) mass is 319 g/mol. The van der Waals surface area contributed by atoms with Crippen LogP contribution < -0.4 is 4.52 Å². The molecule has 0 spiro atoms. The number of para-hydroxylation sites is 1. The summed E-state index contributed by atoms with van der Waals surface area (Å²) in [6, 6.07) is 17.4. The minimum Gasteiger partial charge on any atom is -0.260 e. The van der Waals surface area contributed by atoms with Gasteiger partial charge in [0.1, 0.15) is 13.2 Å². The first-order chi connectivity index (χ1) is 10.5. The molecule has 1 N–H and O–H groups in total. The molecule has 1 fully saturated rings. The topological polar surface area (TPSA) is 47.9 Å². The highest BCUT2D eigenvalue weighted by molar-refractivity contribution is 7.55. The molecule has 0 unspecified atom stereocenters. The van der Waals surface area contributed by atoms with Crippen LogP contribution in [0.2, 0.25) is 0 Å². The molecule has 116 valence electrons. The Balaban J connectivity index is 1.85. The number of hydrogen-bond donors (Lipinski definition) is 1. The number of rotatable bonds is 3. The van der Waals surface area contributed by atoms with Crippen molar-refractivity contribution in [2.24, 2.45) is 5.41 Å². The van der Waals surface area contributed by atoms with Crippen molar-refractivity contribution in [3.63, 3.8) is 0 Å². The smallest absolute Gasteiger partial charge is 0.260 e. The lowest BCUT2D eigenvalue weighted by atomic mass is 9.97. The lowest BCUT2D eigenvalue weighted by Crippen LogP contribution is -2.32. The fraction of sp³-hybridized carbons (Fsp3) is 0.294. The molecule has 2 aromatic rings. The van der Waals surface area contributed by atoms with Gasteiger partial charge in [0.05, 0.1) is 0 Å². The van der Waals surface area contributed by atoms with E-state index in [4.69, 9.17) is 13.6 Å². The molecular formula is C17H20O4P+. The van der Waals surface area contributed by atoms with Gasteiger partial charge in [-0.3, -0.25) is 4.52 Å². The van der Waals surface area contributed by atoms with Crippen LogP contribution in [0.4, 0.5) is 0 Å². The number of benzene rings is 2. The Labute approximate surface area is 131 Å². The quantitative estimate of drug-likeness (QED) is 0.848. The van der Waals surface area contributed by atoms with Gasteiger partial charge < -0.3 is 0 Å². The standard InChI is InChI=1S/C17H20O4P/c1-17(2)12-19-22(18,20-13-17)21-16-11-7-6-10-15(16)14-8-4-3-5-9-14/h3-11,18H,12-13H2,1-2H3/q+1. The molecule has 1 aliphatic heterocycles. The van der Waals surface area contributed by atoms with E-state index in [9.17, 15) is 4.89 Å². The van der Waals surface area contributed by atoms with Gasteiger partial charge in [0, 0.05) is 11.0 Å². The highest BCUT2D eigenvalue weighted by Gasteiger charge is 2.53. The Morgan fingerprint density at radius 2 is 1.55 bits per heavy atom. The van der Waals surface area contributed by atoms with Crippen LogP contribution in [0.15, 0.2) is 54.6 Å². The molecule has 4 nitrogen and oxygen atoms in total. The maximum Gasteiger partial charge on any atom is 0.619 e. The van der Waals surface area contributed by atoms with E-state index in [1.54, 1.807) is 0 Å². The first-order valence-electron chi connectivity index (χ1n) is 7.22. The maximum absolute atomic E-state index is 10.5. The molecule has 3 rings (SSSR count). The molecule has 0 radical (unpaired) electrons. The molecule has 0 aliphatic carbocycles. The van der Waals surface area contributed by atoms with Crippen LogP contribution in [0.3, 0.4) is 0 Å². The molecular weight excluding hydrogens is 299 g/mol. The van der Waals surface area contributed by atoms with Crippen molar-refractivity contribution in [3.8, 4) is 16.9 Å². The molecule has 0 aromatic heterocycles. The van der Waals surface area contributed by atoms with Gasteiger partial charge in [0.15, 0.2) is 5.75 Å². The van der Waals surface area contributed by atoms with Crippen molar-refractivity contribution in [2.75, 3.05) is 13.2 Å². The van der Waals surface area contributed by atoms with E-state index < -0.39 is 8.17 Å². The van der Waals surface area contributed by atoms with Gasteiger partial charge >= 0.3 is 8.17 Å². The summed E-state index contributed by atoms with van der Waals surface area (Å²) in [4.78, 5) is 10.5. The second-order valence-corrected chi connectivity index (χ2v) is 7.77. The minimum absolute atomic E-state index is 0.117. The average Bonchev–Trinajstić information content (AvgIpc) is 2.52. The Morgan fingerprint density at radius 3 is 2.23 bits per heavy atom. The van der Waals surface area contributed by atoms with Crippen molar-refractivity contribution in [1.29, 1.82) is 0 Å². The van der Waals surface area contributed by atoms with E-state index in [0.717, 1.165) is 11.1 Å². The van der Waals surface area contributed by atoms with Crippen LogP contribution >= 0.6 is 8.17 Å². The lowest BCUT2D eigenvalue weighted by Gasteiger charge is -2.29. The Hall–Kier alpha value is -1.45. The summed E-state index contributed by atoms with van der Waals surface area (Å²) in [5.41, 5.74) is 1.80. The minimum atomic E-state index is -3.31. The predicted octanol–water partition coefficient (Wildman–Crippen LogP) is 4.48. The van der Waals surface area contributed by atoms with Gasteiger partial charge in [0.2, 0.25) is 0 Å². The largest absolute Gasteiger partial charge is 0.619 e. The summed E-state index contributed by atoms with van der Waals surface area (Å²) in [6.07, 6.45) is 0. The third-order valence-corrected chi connectivity index (χ3v) is 4.76. The van der Waals surface area contributed by atoms with Crippen LogP contribution in [0, 0.1) is 5.41 Å². The molecule has 0 saturated carbocycles. The molecule has 22 heavy (non-hydrogen) atoms. The Bertz CT molecular complexity index is 632. The van der Waals surface area contributed by atoms with Gasteiger partial charge in [-0.25, -0.2) is 0 Å². The van der Waals surface area contributed by atoms with Crippen LogP contribution in [-0.2, 0) is 9.05 Å². The summed E-state index contributed by atoms with van der Waals surface area (Å²) < 4.78 is 16.7. The van der Waals surface area contributed by atoms with Gasteiger partial charge in [-0.1, -0.05) is 62.4 Å². The number of hydrogen-bond acceptors (Lipinski definition) is 4. The molecule has 1 heterocycles. The second kappa shape index (κ2) is 5.98. The Kier molecular flexibility index (Phi) is 4.20. The normalized spacial score (nSPS) is 19.6. The molecule has 2 aromatic carbocycles. The van der Waals surface area contributed by atoms with E-state index in [0.29, 0.717) is 19.0 Å². The zero-order valence-corrected chi connectivity index (χ0v) is 13.6. The van der Waals surface area contributed by atoms with Crippen LogP contribution in [-0.4, -0.2) is 18.1 Å². The van der Waals surface area contributed by atoms with Crippen molar-refractivity contribution >= 4 is 8.17 Å². The van der Waals surface area contributed by atoms with Crippen molar-refractivity contribution in [2.45, 2.75) is 13.8 Å². The average molecular weight is 319 g/mol. The fourth-order valence-electron chi connectivity index (χ4n) is 2.17. The highest BCUT2D eigenvalue weighted by atomic mass is 31.2. The van der Waals surface area contributed by atoms with E-state index in [-0.39, 0.29) is 5.41 Å². The fourth-order valence-corrected chi connectivity index (χ4v) is 3.78. The lowest BCUT2D eigenvalue weighted by molar-refractivity contribution is -0.00106. The zero-order valence-electron chi connectivity index (χ0n) is 12.7. The van der Waals surface area contributed by atoms with Crippen molar-refractivity contribution in [3.05, 3.63) is 54.6 Å². The Morgan fingerprint density at radius 1 is 0.955 bits per heavy atom. The third-order valence-electron chi connectivity index (χ3n) is 3.42. The molecule has 1 saturated heterocycles. The van der Waals surface area contributed by atoms with Gasteiger partial charge in [-0.15, -0.1) is 9.05 Å². The van der Waals surface area contributed by atoms with E-state index >= 15 is 0 Å². The molecule has 0 amide bonds. The van der Waals surface area contributed by atoms with Gasteiger partial charge in [-0.2, -0.15) is 4.89 Å². The molecule has 0 bridgehead atoms. The summed E-state index contributed by atoms with van der Waals surface area (Å²) in [6.45, 7) is 4.86. The van der Waals surface area contributed by atoms with Crippen LogP contribution in [0.5, 0.6) is 5.75 Å². The van der Waals surface area contributed by atoms with E-state index in [2.05, 4.69) is 0 Å². The van der Waals surface area contributed by atoms with E-state index in [1.165, 1.54) is 0 Å². The van der Waals surface area contributed by atoms with Crippen LogP contribution in [0.1, 0.15) is 13.8 Å². The second-order valence-electron chi connectivity index (χ2n) is 6.13. The van der Waals surface area contributed by atoms with Crippen LogP contribution in [0.25, 0.3) is 11.1 Å². The summed E-state index contributed by atoms with van der Waals surface area (Å²) in [7, 11) is -3.31. The summed E-state index contributed by atoms with van der Waals surface area (Å²) in [5, 5.41) is 0. The third kappa shape index (κ3) is 3.47. The summed E-state index contributed by atoms with van der Waals surface area (Å²) >= 11 is 0. The van der Waals surface area contributed by atoms with Gasteiger partial charge in [0.25, 0.3) is 0 Å². The first-order valence-corrected chi connectivity index (χ1v) is 8.72. The summed E-state index contributed by atoms with van der Waals surface area (Å²) in [5.74, 6) is 0.559. The molecule has 1 aliphatic rings. The zero-order chi connectivity index (χ0) is 15.6. The molecule has 0 atom stereocenters. The SMILES string of the molecule is CC1(C)CO[P+](O)(Oc2ccccc2-c2ccccc2)OC1. The molecule has 5 heteroatoms. The van der Waals surface area contributed by atoms with Crippen molar-refractivity contribution in [1.82, 2.24) is 0 Å². The van der Waals surface area contributed by atoms with E-state index in [1.807, 2.05) is 68.4 Å². The van der Waals surface area contributed by atoms with Gasteiger partial charge in [-0.05, 0) is 11.6 Å². The maximum atomic E-state index is 10.5. The first kappa shape index (κ1) is 15.4. The van der Waals surface area contributed by atoms with Crippen molar-refractivity contribution < 1.29 is 18.5 Å². The predicted molar refractivity (Wildman–Crippen MR) is 87.3 cm³/mol. The highest BCUT2D eigenvalue weighted by Crippen LogP contribution is 2.62.